The van der Waals surface area contributed by atoms with Crippen LogP contribution in [0.2, 0.25) is 0 Å². The zero-order valence-electron chi connectivity index (χ0n) is 11.6. The highest BCUT2D eigenvalue weighted by atomic mass is 16.6. The van der Waals surface area contributed by atoms with Crippen molar-refractivity contribution < 1.29 is 14.3 Å². The lowest BCUT2D eigenvalue weighted by atomic mass is 10.1. The van der Waals surface area contributed by atoms with Crippen LogP contribution in [0.1, 0.15) is 5.56 Å². The van der Waals surface area contributed by atoms with Crippen LogP contribution in [0.25, 0.3) is 0 Å². The lowest BCUT2D eigenvalue weighted by Crippen LogP contribution is -2.44. The van der Waals surface area contributed by atoms with E-state index >= 15 is 0 Å². The Morgan fingerprint density at radius 3 is 2.57 bits per heavy atom. The third-order valence-corrected chi connectivity index (χ3v) is 3.36. The normalized spacial score (nSPS) is 16.3. The van der Waals surface area contributed by atoms with Gasteiger partial charge in [-0.25, -0.2) is 0 Å². The summed E-state index contributed by atoms with van der Waals surface area (Å²) in [5, 5.41) is 2.89. The van der Waals surface area contributed by atoms with E-state index in [2.05, 4.69) is 5.32 Å². The highest BCUT2D eigenvalue weighted by molar-refractivity contribution is 5.81. The lowest BCUT2D eigenvalue weighted by molar-refractivity contribution is -0.130. The van der Waals surface area contributed by atoms with Gasteiger partial charge in [-0.15, -0.1) is 0 Å². The summed E-state index contributed by atoms with van der Waals surface area (Å²) in [6.45, 7) is 0.832. The maximum absolute atomic E-state index is 12.1. The molecule has 21 heavy (non-hydrogen) atoms. The number of fused-ring (bicyclic) bond motifs is 1. The van der Waals surface area contributed by atoms with Crippen molar-refractivity contribution in [2.75, 3.05) is 13.2 Å². The van der Waals surface area contributed by atoms with Gasteiger partial charge in [0.2, 0.25) is 6.10 Å². The Balaban J connectivity index is 1.50. The lowest BCUT2D eigenvalue weighted by Gasteiger charge is -2.25. The molecule has 0 aromatic heterocycles. The van der Waals surface area contributed by atoms with Crippen LogP contribution in [0.3, 0.4) is 0 Å². The molecule has 1 amide bonds. The zero-order valence-corrected chi connectivity index (χ0v) is 11.6. The maximum Gasteiger partial charge on any atom is 0.264 e. The molecule has 1 heterocycles. The number of hydrogen-bond donors (Lipinski definition) is 1. The number of carbonyl (C=O) groups excluding carboxylic acids is 1. The van der Waals surface area contributed by atoms with Crippen LogP contribution in [0.4, 0.5) is 0 Å². The minimum Gasteiger partial charge on any atom is -0.485 e. The molecule has 1 N–H and O–H groups in total. The predicted molar refractivity (Wildman–Crippen MR) is 79.5 cm³/mol. The fourth-order valence-corrected chi connectivity index (χ4v) is 2.24. The molecule has 2 aromatic carbocycles. The Hall–Kier alpha value is -2.49. The van der Waals surface area contributed by atoms with E-state index in [0.717, 1.165) is 6.42 Å². The van der Waals surface area contributed by atoms with Gasteiger partial charge in [-0.2, -0.15) is 0 Å². The van der Waals surface area contributed by atoms with E-state index < -0.39 is 6.10 Å². The molecule has 1 aliphatic rings. The fraction of sp³-hybridized carbons (Fsp3) is 0.235. The second-order valence-electron chi connectivity index (χ2n) is 4.89. The van der Waals surface area contributed by atoms with Gasteiger partial charge in [-0.1, -0.05) is 42.5 Å². The number of hydrogen-bond acceptors (Lipinski definition) is 3. The molecule has 4 heteroatoms. The van der Waals surface area contributed by atoms with Crippen LogP contribution >= 0.6 is 0 Å². The standard InChI is InChI=1S/C17H17NO3/c19-17(18-11-10-13-6-2-1-3-7-13)16-12-20-14-8-4-5-9-15(14)21-16/h1-9,16H,10-12H2,(H,18,19)/t16-/m0/s1. The number of benzene rings is 2. The van der Waals surface area contributed by atoms with Crippen LogP contribution in [0.5, 0.6) is 11.5 Å². The first-order valence-corrected chi connectivity index (χ1v) is 7.03. The van der Waals surface area contributed by atoms with Crippen LogP contribution in [-0.2, 0) is 11.2 Å². The summed E-state index contributed by atoms with van der Waals surface area (Å²) < 4.78 is 11.2. The first-order valence-electron chi connectivity index (χ1n) is 7.03. The van der Waals surface area contributed by atoms with Crippen LogP contribution < -0.4 is 14.8 Å². The summed E-state index contributed by atoms with van der Waals surface area (Å²) in [4.78, 5) is 12.1. The number of amides is 1. The Labute approximate surface area is 123 Å². The molecule has 0 aliphatic carbocycles. The first kappa shape index (κ1) is 13.5. The van der Waals surface area contributed by atoms with Crippen molar-refractivity contribution in [2.24, 2.45) is 0 Å². The smallest absolute Gasteiger partial charge is 0.264 e. The van der Waals surface area contributed by atoms with Crippen LogP contribution in [0, 0.1) is 0 Å². The summed E-state index contributed by atoms with van der Waals surface area (Å²) in [5.74, 6) is 1.17. The Kier molecular flexibility index (Phi) is 4.05. The molecule has 108 valence electrons. The fourth-order valence-electron chi connectivity index (χ4n) is 2.24. The van der Waals surface area contributed by atoms with Crippen molar-refractivity contribution in [3.05, 3.63) is 60.2 Å². The SMILES string of the molecule is O=C(NCCc1ccccc1)[C@@H]1COc2ccccc2O1. The molecule has 0 unspecified atom stereocenters. The van der Waals surface area contributed by atoms with Crippen molar-refractivity contribution in [1.29, 1.82) is 0 Å². The van der Waals surface area contributed by atoms with E-state index in [1.54, 1.807) is 6.07 Å². The van der Waals surface area contributed by atoms with E-state index in [4.69, 9.17) is 9.47 Å². The van der Waals surface area contributed by atoms with Crippen molar-refractivity contribution in [2.45, 2.75) is 12.5 Å². The van der Waals surface area contributed by atoms with E-state index in [9.17, 15) is 4.79 Å². The van der Waals surface area contributed by atoms with E-state index in [1.807, 2.05) is 48.5 Å². The molecule has 0 bridgehead atoms. The summed E-state index contributed by atoms with van der Waals surface area (Å²) in [6, 6.07) is 17.4. The van der Waals surface area contributed by atoms with E-state index in [-0.39, 0.29) is 12.5 Å². The highest BCUT2D eigenvalue weighted by Gasteiger charge is 2.26. The third kappa shape index (κ3) is 3.34. The predicted octanol–water partition coefficient (Wildman–Crippen LogP) is 2.19. The quantitative estimate of drug-likeness (QED) is 0.935. The Bertz CT molecular complexity index is 612. The summed E-state index contributed by atoms with van der Waals surface area (Å²) in [5.41, 5.74) is 1.20. The number of ether oxygens (including phenoxy) is 2. The van der Waals surface area contributed by atoms with Crippen molar-refractivity contribution in [1.82, 2.24) is 5.32 Å². The number of nitrogens with one attached hydrogen (secondary N) is 1. The highest BCUT2D eigenvalue weighted by Crippen LogP contribution is 2.30. The zero-order chi connectivity index (χ0) is 14.5. The molecule has 1 aliphatic heterocycles. The Morgan fingerprint density at radius 1 is 1.05 bits per heavy atom. The maximum atomic E-state index is 12.1. The minimum atomic E-state index is -0.587. The molecule has 0 saturated carbocycles. The molecule has 0 radical (unpaired) electrons. The van der Waals surface area contributed by atoms with Gasteiger partial charge in [0.15, 0.2) is 11.5 Å². The van der Waals surface area contributed by atoms with Gasteiger partial charge in [0.1, 0.15) is 6.61 Å². The van der Waals surface area contributed by atoms with Gasteiger partial charge in [-0.05, 0) is 24.1 Å². The number of carbonyl (C=O) groups is 1. The van der Waals surface area contributed by atoms with Gasteiger partial charge in [0.05, 0.1) is 0 Å². The van der Waals surface area contributed by atoms with Crippen molar-refractivity contribution >= 4 is 5.91 Å². The van der Waals surface area contributed by atoms with Gasteiger partial charge >= 0.3 is 0 Å². The molecule has 3 rings (SSSR count). The van der Waals surface area contributed by atoms with Crippen LogP contribution in [-0.4, -0.2) is 25.2 Å². The summed E-state index contributed by atoms with van der Waals surface area (Å²) >= 11 is 0. The average Bonchev–Trinajstić information content (AvgIpc) is 2.55. The van der Waals surface area contributed by atoms with Crippen molar-refractivity contribution in [3.63, 3.8) is 0 Å². The largest absolute Gasteiger partial charge is 0.485 e. The second kappa shape index (κ2) is 6.31. The van der Waals surface area contributed by atoms with E-state index in [1.165, 1.54) is 5.56 Å². The van der Waals surface area contributed by atoms with Gasteiger partial charge < -0.3 is 14.8 Å². The molecule has 0 spiro atoms. The molecular weight excluding hydrogens is 266 g/mol. The second-order valence-corrected chi connectivity index (χ2v) is 4.89. The van der Waals surface area contributed by atoms with Gasteiger partial charge in [-0.3, -0.25) is 4.79 Å². The Morgan fingerprint density at radius 2 is 1.76 bits per heavy atom. The monoisotopic (exact) mass is 283 g/mol. The van der Waals surface area contributed by atoms with Gasteiger partial charge in [0.25, 0.3) is 5.91 Å². The molecule has 0 fully saturated rings. The molecule has 4 nitrogen and oxygen atoms in total. The summed E-state index contributed by atoms with van der Waals surface area (Å²) in [6.07, 6.45) is 0.215. The molecule has 2 aromatic rings. The average molecular weight is 283 g/mol. The summed E-state index contributed by atoms with van der Waals surface area (Å²) in [7, 11) is 0. The molecule has 0 saturated heterocycles. The first-order chi connectivity index (χ1) is 10.3. The van der Waals surface area contributed by atoms with Gasteiger partial charge in [0, 0.05) is 6.54 Å². The molecule has 1 atom stereocenters. The van der Waals surface area contributed by atoms with Crippen molar-refractivity contribution in [3.8, 4) is 11.5 Å². The topological polar surface area (TPSA) is 47.6 Å². The minimum absolute atomic E-state index is 0.138. The molecular formula is C17H17NO3. The third-order valence-electron chi connectivity index (χ3n) is 3.36. The van der Waals surface area contributed by atoms with E-state index in [0.29, 0.717) is 18.0 Å². The number of rotatable bonds is 4. The van der Waals surface area contributed by atoms with Crippen LogP contribution in [0.15, 0.2) is 54.6 Å². The number of para-hydroxylation sites is 2.